The maximum atomic E-state index is 13.0. The summed E-state index contributed by atoms with van der Waals surface area (Å²) in [5, 5.41) is 8.77. The number of nitrogens with zero attached hydrogens (tertiary/aromatic N) is 3. The van der Waals surface area contributed by atoms with Gasteiger partial charge in [0.15, 0.2) is 0 Å². The summed E-state index contributed by atoms with van der Waals surface area (Å²) in [5.41, 5.74) is 0.905. The molecule has 0 N–H and O–H groups in total. The first-order valence-electron chi connectivity index (χ1n) is 5.80. The number of hydrogen-bond acceptors (Lipinski definition) is 2. The molecule has 0 aliphatic heterocycles. The van der Waals surface area contributed by atoms with Gasteiger partial charge in [-0.15, -0.1) is 0 Å². The number of rotatable bonds is 2. The average molecular weight is 267 g/mol. The van der Waals surface area contributed by atoms with E-state index in [4.69, 9.17) is 5.26 Å². The van der Waals surface area contributed by atoms with Gasteiger partial charge in [-0.25, -0.2) is 4.98 Å². The lowest BCUT2D eigenvalue weighted by atomic mass is 10.2. The predicted octanol–water partition coefficient (Wildman–Crippen LogP) is 3.58. The minimum absolute atomic E-state index is 0.0640. The number of fused-ring (bicyclic) bond motifs is 1. The molecule has 0 aliphatic rings. The van der Waals surface area contributed by atoms with Crippen LogP contribution in [-0.4, -0.2) is 9.55 Å². The topological polar surface area (TPSA) is 41.6 Å². The molecule has 6 heteroatoms. The third-order valence-corrected chi connectivity index (χ3v) is 2.68. The zero-order chi connectivity index (χ0) is 14.2. The van der Waals surface area contributed by atoms with Crippen LogP contribution in [0.3, 0.4) is 0 Å². The Morgan fingerprint density at radius 3 is 2.58 bits per heavy atom. The van der Waals surface area contributed by atoms with Crippen LogP contribution in [0, 0.1) is 17.2 Å². The van der Waals surface area contributed by atoms with E-state index in [0.717, 1.165) is 0 Å². The third-order valence-electron chi connectivity index (χ3n) is 2.68. The Morgan fingerprint density at radius 1 is 1.37 bits per heavy atom. The highest BCUT2D eigenvalue weighted by Crippen LogP contribution is 2.32. The number of hydrogen-bond donors (Lipinski definition) is 0. The molecule has 19 heavy (non-hydrogen) atoms. The molecule has 0 radical (unpaired) electrons. The third kappa shape index (κ3) is 2.55. The maximum absolute atomic E-state index is 13.0. The number of nitriles is 1. The predicted molar refractivity (Wildman–Crippen MR) is 64.3 cm³/mol. The van der Waals surface area contributed by atoms with Crippen molar-refractivity contribution in [1.29, 1.82) is 5.26 Å². The molecule has 0 amide bonds. The first-order chi connectivity index (χ1) is 8.82. The second kappa shape index (κ2) is 4.57. The van der Waals surface area contributed by atoms with E-state index in [1.54, 1.807) is 0 Å². The largest absolute Gasteiger partial charge is 0.449 e. The van der Waals surface area contributed by atoms with Crippen molar-refractivity contribution in [1.82, 2.24) is 9.55 Å². The summed E-state index contributed by atoms with van der Waals surface area (Å²) in [5.74, 6) is -0.847. The second-order valence-corrected chi connectivity index (χ2v) is 4.75. The van der Waals surface area contributed by atoms with E-state index in [1.165, 1.54) is 22.8 Å². The Hall–Kier alpha value is -2.03. The summed E-state index contributed by atoms with van der Waals surface area (Å²) < 4.78 is 40.1. The van der Waals surface area contributed by atoms with Gasteiger partial charge in [-0.3, -0.25) is 0 Å². The van der Waals surface area contributed by atoms with E-state index in [9.17, 15) is 13.2 Å². The minimum atomic E-state index is -4.50. The SMILES string of the molecule is CC(C)Cn1c(C(F)(F)F)nc2cc(C#N)ccc21. The van der Waals surface area contributed by atoms with Crippen molar-refractivity contribution in [3.63, 3.8) is 0 Å². The zero-order valence-corrected chi connectivity index (χ0v) is 10.5. The molecule has 0 spiro atoms. The lowest BCUT2D eigenvalue weighted by Gasteiger charge is -2.13. The monoisotopic (exact) mass is 267 g/mol. The normalized spacial score (nSPS) is 12.1. The van der Waals surface area contributed by atoms with Crippen LogP contribution in [-0.2, 0) is 12.7 Å². The van der Waals surface area contributed by atoms with Crippen molar-refractivity contribution in [3.05, 3.63) is 29.6 Å². The Balaban J connectivity index is 2.70. The lowest BCUT2D eigenvalue weighted by Crippen LogP contribution is -2.17. The average Bonchev–Trinajstić information content (AvgIpc) is 2.66. The Kier molecular flexibility index (Phi) is 3.23. The van der Waals surface area contributed by atoms with Crippen molar-refractivity contribution in [2.24, 2.45) is 5.92 Å². The van der Waals surface area contributed by atoms with Gasteiger partial charge in [-0.1, -0.05) is 13.8 Å². The van der Waals surface area contributed by atoms with Gasteiger partial charge in [0.05, 0.1) is 22.7 Å². The fraction of sp³-hybridized carbons (Fsp3) is 0.385. The number of imidazole rings is 1. The summed E-state index contributed by atoms with van der Waals surface area (Å²) in [6, 6.07) is 6.29. The van der Waals surface area contributed by atoms with Crippen LogP contribution >= 0.6 is 0 Å². The standard InChI is InChI=1S/C13H12F3N3/c1-8(2)7-19-11-4-3-9(6-17)5-10(11)18-12(19)13(14,15)16/h3-5,8H,7H2,1-2H3. The molecule has 0 atom stereocenters. The molecular weight excluding hydrogens is 255 g/mol. The van der Waals surface area contributed by atoms with Crippen molar-refractivity contribution in [3.8, 4) is 6.07 Å². The quantitative estimate of drug-likeness (QED) is 0.834. The maximum Gasteiger partial charge on any atom is 0.449 e. The molecule has 1 heterocycles. The molecule has 0 fully saturated rings. The first-order valence-corrected chi connectivity index (χ1v) is 5.80. The highest BCUT2D eigenvalue weighted by molar-refractivity contribution is 5.77. The second-order valence-electron chi connectivity index (χ2n) is 4.75. The van der Waals surface area contributed by atoms with E-state index in [0.29, 0.717) is 11.1 Å². The molecule has 2 aromatic rings. The van der Waals surface area contributed by atoms with Crippen LogP contribution in [0.15, 0.2) is 18.2 Å². The fourth-order valence-electron chi connectivity index (χ4n) is 1.97. The van der Waals surface area contributed by atoms with Gasteiger partial charge < -0.3 is 4.57 Å². The van der Waals surface area contributed by atoms with E-state index in [1.807, 2.05) is 19.9 Å². The number of aromatic nitrogens is 2. The number of alkyl halides is 3. The zero-order valence-electron chi connectivity index (χ0n) is 10.5. The Bertz CT molecular complexity index is 647. The highest BCUT2D eigenvalue weighted by atomic mass is 19.4. The smallest absolute Gasteiger partial charge is 0.320 e. The summed E-state index contributed by atoms with van der Waals surface area (Å²) in [6.07, 6.45) is -4.50. The Morgan fingerprint density at radius 2 is 2.05 bits per heavy atom. The van der Waals surface area contributed by atoms with Crippen LogP contribution in [0.25, 0.3) is 11.0 Å². The molecule has 100 valence electrons. The summed E-state index contributed by atoms with van der Waals surface area (Å²) >= 11 is 0. The summed E-state index contributed by atoms with van der Waals surface area (Å²) in [6.45, 7) is 3.92. The van der Waals surface area contributed by atoms with Gasteiger partial charge in [0, 0.05) is 6.54 Å². The van der Waals surface area contributed by atoms with Crippen LogP contribution in [0.2, 0.25) is 0 Å². The highest BCUT2D eigenvalue weighted by Gasteiger charge is 2.37. The van der Waals surface area contributed by atoms with E-state index in [-0.39, 0.29) is 18.0 Å². The molecule has 0 aliphatic carbocycles. The molecule has 0 unspecified atom stereocenters. The lowest BCUT2D eigenvalue weighted by molar-refractivity contribution is -0.147. The van der Waals surface area contributed by atoms with Gasteiger partial charge in [0.2, 0.25) is 5.82 Å². The molecule has 3 nitrogen and oxygen atoms in total. The van der Waals surface area contributed by atoms with Crippen LogP contribution < -0.4 is 0 Å². The van der Waals surface area contributed by atoms with Crippen LogP contribution in [0.5, 0.6) is 0 Å². The Labute approximate surface area is 108 Å². The van der Waals surface area contributed by atoms with Crippen molar-refractivity contribution in [2.75, 3.05) is 0 Å². The van der Waals surface area contributed by atoms with Crippen LogP contribution in [0.4, 0.5) is 13.2 Å². The molecule has 2 rings (SSSR count). The van der Waals surface area contributed by atoms with Crippen LogP contribution in [0.1, 0.15) is 25.2 Å². The fourth-order valence-corrected chi connectivity index (χ4v) is 1.97. The molecule has 1 aromatic carbocycles. The molecule has 1 aromatic heterocycles. The number of halogens is 3. The van der Waals surface area contributed by atoms with Crippen molar-refractivity contribution < 1.29 is 13.2 Å². The first kappa shape index (κ1) is 13.4. The van der Waals surface area contributed by atoms with Crippen molar-refractivity contribution >= 4 is 11.0 Å². The molecule has 0 bridgehead atoms. The number of benzene rings is 1. The summed E-state index contributed by atoms with van der Waals surface area (Å²) in [4.78, 5) is 3.63. The van der Waals surface area contributed by atoms with E-state index in [2.05, 4.69) is 4.98 Å². The van der Waals surface area contributed by atoms with Crippen molar-refractivity contribution in [2.45, 2.75) is 26.6 Å². The summed E-state index contributed by atoms with van der Waals surface area (Å²) in [7, 11) is 0. The minimum Gasteiger partial charge on any atom is -0.320 e. The van der Waals surface area contributed by atoms with E-state index < -0.39 is 12.0 Å². The van der Waals surface area contributed by atoms with Gasteiger partial charge >= 0.3 is 6.18 Å². The van der Waals surface area contributed by atoms with Gasteiger partial charge in [0.1, 0.15) is 0 Å². The van der Waals surface area contributed by atoms with Gasteiger partial charge in [-0.05, 0) is 24.1 Å². The molecule has 0 saturated heterocycles. The molecule has 0 saturated carbocycles. The van der Waals surface area contributed by atoms with Gasteiger partial charge in [0.25, 0.3) is 0 Å². The van der Waals surface area contributed by atoms with Gasteiger partial charge in [-0.2, -0.15) is 18.4 Å². The molecular formula is C13H12F3N3. The van der Waals surface area contributed by atoms with E-state index >= 15 is 0 Å².